The van der Waals surface area contributed by atoms with E-state index in [2.05, 4.69) is 22.0 Å². The quantitative estimate of drug-likeness (QED) is 0.696. The number of nitrogens with one attached hydrogen (secondary N) is 1. The molecule has 1 amide bonds. The molecule has 0 spiro atoms. The zero-order chi connectivity index (χ0) is 14.3. The van der Waals surface area contributed by atoms with Gasteiger partial charge in [0.1, 0.15) is 0 Å². The van der Waals surface area contributed by atoms with E-state index in [0.29, 0.717) is 12.6 Å². The maximum atomic E-state index is 11.7. The minimum atomic E-state index is 0.137. The third-order valence-corrected chi connectivity index (χ3v) is 3.71. The lowest BCUT2D eigenvalue weighted by atomic mass is 10.1. The van der Waals surface area contributed by atoms with Gasteiger partial charge in [0.15, 0.2) is 0 Å². The maximum absolute atomic E-state index is 11.7. The van der Waals surface area contributed by atoms with Crippen molar-refractivity contribution in [2.24, 2.45) is 5.73 Å². The summed E-state index contributed by atoms with van der Waals surface area (Å²) < 4.78 is 0. The van der Waals surface area contributed by atoms with Crippen LogP contribution in [0.25, 0.3) is 0 Å². The number of hydrogen-bond acceptors (Lipinski definition) is 4. The van der Waals surface area contributed by atoms with E-state index < -0.39 is 0 Å². The van der Waals surface area contributed by atoms with Gasteiger partial charge in [0.05, 0.1) is 6.54 Å². The van der Waals surface area contributed by atoms with Crippen LogP contribution in [-0.2, 0) is 4.79 Å². The van der Waals surface area contributed by atoms with E-state index in [4.69, 9.17) is 5.73 Å². The molecule has 1 aliphatic rings. The van der Waals surface area contributed by atoms with Gasteiger partial charge in [-0.05, 0) is 33.2 Å². The van der Waals surface area contributed by atoms with Gasteiger partial charge in [0.2, 0.25) is 5.91 Å². The third-order valence-electron chi connectivity index (χ3n) is 3.71. The molecule has 0 aromatic rings. The van der Waals surface area contributed by atoms with Crippen molar-refractivity contribution in [1.82, 2.24) is 15.1 Å². The molecule has 0 aromatic carbocycles. The number of nitrogens with two attached hydrogens (primary N) is 1. The lowest BCUT2D eigenvalue weighted by Crippen LogP contribution is -2.52. The summed E-state index contributed by atoms with van der Waals surface area (Å²) in [4.78, 5) is 16.5. The molecule has 0 radical (unpaired) electrons. The van der Waals surface area contributed by atoms with Crippen LogP contribution >= 0.6 is 0 Å². The van der Waals surface area contributed by atoms with Gasteiger partial charge in [-0.15, -0.1) is 0 Å². The van der Waals surface area contributed by atoms with Crippen LogP contribution in [-0.4, -0.2) is 67.1 Å². The molecule has 1 saturated heterocycles. The molecule has 1 atom stereocenters. The second-order valence-corrected chi connectivity index (χ2v) is 5.67. The molecule has 1 aliphatic heterocycles. The number of hydrogen-bond donors (Lipinski definition) is 2. The Hall–Kier alpha value is -0.650. The second-order valence-electron chi connectivity index (χ2n) is 5.67. The predicted molar refractivity (Wildman–Crippen MR) is 79.0 cm³/mol. The highest BCUT2D eigenvalue weighted by Gasteiger charge is 2.23. The average Bonchev–Trinajstić information content (AvgIpc) is 2.36. The molecule has 112 valence electrons. The molecule has 19 heavy (non-hydrogen) atoms. The highest BCUT2D eigenvalue weighted by molar-refractivity contribution is 5.78. The van der Waals surface area contributed by atoms with E-state index >= 15 is 0 Å². The summed E-state index contributed by atoms with van der Waals surface area (Å²) in [5.41, 5.74) is 5.66. The van der Waals surface area contributed by atoms with Gasteiger partial charge in [-0.2, -0.15) is 0 Å². The summed E-state index contributed by atoms with van der Waals surface area (Å²) in [6, 6.07) is 0.833. The fraction of sp³-hybridized carbons (Fsp3) is 0.929. The SMILES string of the molecule is CCC(CCN)N1CCN(CC(=O)NC(C)C)CC1. The first kappa shape index (κ1) is 16.4. The van der Waals surface area contributed by atoms with Gasteiger partial charge in [0.25, 0.3) is 0 Å². The summed E-state index contributed by atoms with van der Waals surface area (Å²) in [6.07, 6.45) is 2.23. The fourth-order valence-corrected chi connectivity index (χ4v) is 2.69. The first-order valence-corrected chi connectivity index (χ1v) is 7.52. The first-order chi connectivity index (χ1) is 9.06. The molecule has 0 aliphatic carbocycles. The van der Waals surface area contributed by atoms with Crippen molar-refractivity contribution in [2.45, 2.75) is 45.7 Å². The number of nitrogens with zero attached hydrogens (tertiary/aromatic N) is 2. The molecule has 1 fully saturated rings. The molecule has 0 aromatic heterocycles. The van der Waals surface area contributed by atoms with Crippen molar-refractivity contribution in [2.75, 3.05) is 39.3 Å². The van der Waals surface area contributed by atoms with Crippen LogP contribution in [0.5, 0.6) is 0 Å². The smallest absolute Gasteiger partial charge is 0.234 e. The van der Waals surface area contributed by atoms with Crippen LogP contribution in [0.2, 0.25) is 0 Å². The Morgan fingerprint density at radius 2 is 1.89 bits per heavy atom. The maximum Gasteiger partial charge on any atom is 0.234 e. The molecule has 1 rings (SSSR count). The van der Waals surface area contributed by atoms with Crippen molar-refractivity contribution in [3.8, 4) is 0 Å². The summed E-state index contributed by atoms with van der Waals surface area (Å²) in [7, 11) is 0. The zero-order valence-corrected chi connectivity index (χ0v) is 12.7. The molecule has 3 N–H and O–H groups in total. The number of rotatable bonds is 7. The highest BCUT2D eigenvalue weighted by atomic mass is 16.2. The number of carbonyl (C=O) groups excluding carboxylic acids is 1. The Morgan fingerprint density at radius 3 is 2.37 bits per heavy atom. The predicted octanol–water partition coefficient (Wildman–Crippen LogP) is 0.256. The molecule has 1 heterocycles. The summed E-state index contributed by atoms with van der Waals surface area (Å²) in [5, 5.41) is 2.94. The Balaban J connectivity index is 2.30. The Bertz CT molecular complexity index is 262. The molecular weight excluding hydrogens is 240 g/mol. The van der Waals surface area contributed by atoms with Crippen LogP contribution in [0.3, 0.4) is 0 Å². The second kappa shape index (κ2) is 8.51. The molecule has 5 nitrogen and oxygen atoms in total. The lowest BCUT2D eigenvalue weighted by molar-refractivity contribution is -0.123. The molecule has 1 unspecified atom stereocenters. The molecular formula is C14H30N4O. The van der Waals surface area contributed by atoms with Crippen molar-refractivity contribution >= 4 is 5.91 Å². The summed E-state index contributed by atoms with van der Waals surface area (Å²) in [6.45, 7) is 11.6. The van der Waals surface area contributed by atoms with Crippen molar-refractivity contribution in [3.05, 3.63) is 0 Å². The zero-order valence-electron chi connectivity index (χ0n) is 12.7. The van der Waals surface area contributed by atoms with Gasteiger partial charge >= 0.3 is 0 Å². The van der Waals surface area contributed by atoms with Crippen LogP contribution in [0.15, 0.2) is 0 Å². The molecule has 0 bridgehead atoms. The van der Waals surface area contributed by atoms with E-state index in [-0.39, 0.29) is 11.9 Å². The average molecular weight is 270 g/mol. The van der Waals surface area contributed by atoms with Crippen molar-refractivity contribution in [1.29, 1.82) is 0 Å². The number of amides is 1. The number of carbonyl (C=O) groups is 1. The van der Waals surface area contributed by atoms with E-state index in [9.17, 15) is 4.79 Å². The van der Waals surface area contributed by atoms with Gasteiger partial charge < -0.3 is 11.1 Å². The van der Waals surface area contributed by atoms with Gasteiger partial charge in [-0.3, -0.25) is 14.6 Å². The first-order valence-electron chi connectivity index (χ1n) is 7.52. The van der Waals surface area contributed by atoms with Crippen LogP contribution in [0.4, 0.5) is 0 Å². The molecule has 5 heteroatoms. The Morgan fingerprint density at radius 1 is 1.26 bits per heavy atom. The standard InChI is InChI=1S/C14H30N4O/c1-4-13(5-6-15)18-9-7-17(8-10-18)11-14(19)16-12(2)3/h12-13H,4-11,15H2,1-3H3,(H,16,19). The van der Waals surface area contributed by atoms with Crippen LogP contribution in [0, 0.1) is 0 Å². The normalized spacial score (nSPS) is 19.6. The van der Waals surface area contributed by atoms with Crippen LogP contribution < -0.4 is 11.1 Å². The summed E-state index contributed by atoms with van der Waals surface area (Å²) >= 11 is 0. The minimum absolute atomic E-state index is 0.137. The van der Waals surface area contributed by atoms with E-state index in [1.807, 2.05) is 13.8 Å². The van der Waals surface area contributed by atoms with Gasteiger partial charge in [-0.25, -0.2) is 0 Å². The highest BCUT2D eigenvalue weighted by Crippen LogP contribution is 2.11. The van der Waals surface area contributed by atoms with E-state index in [0.717, 1.165) is 45.6 Å². The van der Waals surface area contributed by atoms with Gasteiger partial charge in [0, 0.05) is 38.3 Å². The fourth-order valence-electron chi connectivity index (χ4n) is 2.69. The van der Waals surface area contributed by atoms with Crippen LogP contribution in [0.1, 0.15) is 33.6 Å². The Kier molecular flexibility index (Phi) is 7.34. The monoisotopic (exact) mass is 270 g/mol. The molecule has 0 saturated carbocycles. The lowest BCUT2D eigenvalue weighted by Gasteiger charge is -2.38. The number of piperazine rings is 1. The largest absolute Gasteiger partial charge is 0.353 e. The topological polar surface area (TPSA) is 61.6 Å². The summed E-state index contributed by atoms with van der Waals surface area (Å²) in [5.74, 6) is 0.137. The Labute approximate surface area is 117 Å². The van der Waals surface area contributed by atoms with Gasteiger partial charge in [-0.1, -0.05) is 6.92 Å². The third kappa shape index (κ3) is 5.89. The van der Waals surface area contributed by atoms with Crippen molar-refractivity contribution in [3.63, 3.8) is 0 Å². The van der Waals surface area contributed by atoms with Crippen molar-refractivity contribution < 1.29 is 4.79 Å². The minimum Gasteiger partial charge on any atom is -0.353 e. The van der Waals surface area contributed by atoms with E-state index in [1.165, 1.54) is 0 Å². The van der Waals surface area contributed by atoms with E-state index in [1.54, 1.807) is 0 Å².